The van der Waals surface area contributed by atoms with Crippen LogP contribution in [-0.2, 0) is 22.7 Å². The van der Waals surface area contributed by atoms with Gasteiger partial charge in [0.1, 0.15) is 18.5 Å². The zero-order valence-electron chi connectivity index (χ0n) is 13.0. The van der Waals surface area contributed by atoms with E-state index in [2.05, 4.69) is 5.32 Å². The first-order valence-corrected chi connectivity index (χ1v) is 7.97. The first-order chi connectivity index (χ1) is 11.3. The Bertz CT molecular complexity index is 636. The monoisotopic (exact) mass is 311 g/mol. The van der Waals surface area contributed by atoms with Crippen LogP contribution in [-0.4, -0.2) is 18.6 Å². The van der Waals surface area contributed by atoms with Crippen LogP contribution in [0, 0.1) is 0 Å². The molecule has 0 unspecified atom stereocenters. The minimum atomic E-state index is -0.289. The van der Waals surface area contributed by atoms with Crippen molar-refractivity contribution in [3.8, 4) is 5.75 Å². The average molecular weight is 311 g/mol. The standard InChI is InChI=1S/C19H21NO3/c21-19(18-11-6-12-22-18)20-13-15-7-4-5-8-16(15)14-23-17-9-2-1-3-10-17/h1-5,7-10,18H,6,11-14H2,(H,20,21)/t18-/m0/s1. The molecule has 1 saturated heterocycles. The van der Waals surface area contributed by atoms with E-state index >= 15 is 0 Å². The third-order valence-electron chi connectivity index (χ3n) is 3.93. The maximum atomic E-state index is 12.0. The normalized spacial score (nSPS) is 17.0. The van der Waals surface area contributed by atoms with Crippen molar-refractivity contribution in [1.29, 1.82) is 0 Å². The van der Waals surface area contributed by atoms with Gasteiger partial charge < -0.3 is 14.8 Å². The number of ether oxygens (including phenoxy) is 2. The lowest BCUT2D eigenvalue weighted by molar-refractivity contribution is -0.130. The molecule has 1 atom stereocenters. The fourth-order valence-corrected chi connectivity index (χ4v) is 2.63. The first-order valence-electron chi connectivity index (χ1n) is 7.97. The number of para-hydroxylation sites is 1. The summed E-state index contributed by atoms with van der Waals surface area (Å²) < 4.78 is 11.2. The molecule has 1 fully saturated rings. The van der Waals surface area contributed by atoms with Crippen LogP contribution in [0.3, 0.4) is 0 Å². The number of hydrogen-bond donors (Lipinski definition) is 1. The van der Waals surface area contributed by atoms with Gasteiger partial charge in [-0.3, -0.25) is 4.79 Å². The number of carbonyl (C=O) groups is 1. The van der Waals surface area contributed by atoms with E-state index in [-0.39, 0.29) is 12.0 Å². The fraction of sp³-hybridized carbons (Fsp3) is 0.316. The summed E-state index contributed by atoms with van der Waals surface area (Å²) in [5, 5.41) is 2.96. The molecule has 0 aliphatic carbocycles. The molecule has 4 nitrogen and oxygen atoms in total. The predicted octanol–water partition coefficient (Wildman–Crippen LogP) is 3.06. The van der Waals surface area contributed by atoms with Gasteiger partial charge in [-0.15, -0.1) is 0 Å². The Morgan fingerprint density at radius 1 is 1.09 bits per heavy atom. The van der Waals surface area contributed by atoms with Crippen LogP contribution in [0.1, 0.15) is 24.0 Å². The van der Waals surface area contributed by atoms with E-state index in [4.69, 9.17) is 9.47 Å². The number of amides is 1. The number of rotatable bonds is 6. The van der Waals surface area contributed by atoms with Crippen molar-refractivity contribution < 1.29 is 14.3 Å². The average Bonchev–Trinajstić information content (AvgIpc) is 3.14. The number of nitrogens with one attached hydrogen (secondary N) is 1. The van der Waals surface area contributed by atoms with Gasteiger partial charge in [0.25, 0.3) is 0 Å². The lowest BCUT2D eigenvalue weighted by Gasteiger charge is -2.14. The van der Waals surface area contributed by atoms with Gasteiger partial charge in [0, 0.05) is 13.2 Å². The molecule has 1 amide bonds. The van der Waals surface area contributed by atoms with Gasteiger partial charge in [0.05, 0.1) is 0 Å². The number of benzene rings is 2. The number of carbonyl (C=O) groups excluding carboxylic acids is 1. The smallest absolute Gasteiger partial charge is 0.249 e. The molecule has 1 heterocycles. The van der Waals surface area contributed by atoms with Crippen molar-refractivity contribution >= 4 is 5.91 Å². The van der Waals surface area contributed by atoms with Crippen LogP contribution < -0.4 is 10.1 Å². The summed E-state index contributed by atoms with van der Waals surface area (Å²) in [7, 11) is 0. The molecular weight excluding hydrogens is 290 g/mol. The SMILES string of the molecule is O=C(NCc1ccccc1COc1ccccc1)[C@@H]1CCCO1. The van der Waals surface area contributed by atoms with E-state index < -0.39 is 0 Å². The van der Waals surface area contributed by atoms with E-state index in [9.17, 15) is 4.79 Å². The molecule has 1 aliphatic heterocycles. The molecule has 23 heavy (non-hydrogen) atoms. The molecule has 0 bridgehead atoms. The van der Waals surface area contributed by atoms with Gasteiger partial charge >= 0.3 is 0 Å². The quantitative estimate of drug-likeness (QED) is 0.892. The van der Waals surface area contributed by atoms with Crippen molar-refractivity contribution in [3.05, 3.63) is 65.7 Å². The molecule has 0 radical (unpaired) electrons. The molecule has 0 aromatic heterocycles. The van der Waals surface area contributed by atoms with Crippen molar-refractivity contribution in [1.82, 2.24) is 5.32 Å². The minimum Gasteiger partial charge on any atom is -0.489 e. The fourth-order valence-electron chi connectivity index (χ4n) is 2.63. The van der Waals surface area contributed by atoms with Crippen molar-refractivity contribution in [2.24, 2.45) is 0 Å². The van der Waals surface area contributed by atoms with E-state index in [1.54, 1.807) is 0 Å². The topological polar surface area (TPSA) is 47.6 Å². The van der Waals surface area contributed by atoms with Gasteiger partial charge in [-0.1, -0.05) is 42.5 Å². The second-order valence-corrected chi connectivity index (χ2v) is 5.59. The van der Waals surface area contributed by atoms with Gasteiger partial charge in [-0.2, -0.15) is 0 Å². The van der Waals surface area contributed by atoms with Crippen LogP contribution >= 0.6 is 0 Å². The van der Waals surface area contributed by atoms with Gasteiger partial charge in [-0.25, -0.2) is 0 Å². The van der Waals surface area contributed by atoms with Crippen LogP contribution in [0.15, 0.2) is 54.6 Å². The van der Waals surface area contributed by atoms with E-state index in [0.29, 0.717) is 19.8 Å². The summed E-state index contributed by atoms with van der Waals surface area (Å²) >= 11 is 0. The summed E-state index contributed by atoms with van der Waals surface area (Å²) in [6.07, 6.45) is 1.48. The molecule has 1 N–H and O–H groups in total. The zero-order chi connectivity index (χ0) is 15.9. The first kappa shape index (κ1) is 15.6. The highest BCUT2D eigenvalue weighted by molar-refractivity contribution is 5.80. The van der Waals surface area contributed by atoms with Gasteiger partial charge in [-0.05, 0) is 36.1 Å². The maximum absolute atomic E-state index is 12.0. The van der Waals surface area contributed by atoms with Crippen molar-refractivity contribution in [2.75, 3.05) is 6.61 Å². The predicted molar refractivity (Wildman–Crippen MR) is 88.0 cm³/mol. The van der Waals surface area contributed by atoms with Crippen molar-refractivity contribution in [3.63, 3.8) is 0 Å². The molecule has 4 heteroatoms. The summed E-state index contributed by atoms with van der Waals surface area (Å²) in [5.74, 6) is 0.812. The molecule has 0 spiro atoms. The Hall–Kier alpha value is -2.33. The van der Waals surface area contributed by atoms with Crippen LogP contribution in [0.4, 0.5) is 0 Å². The Kier molecular flexibility index (Phi) is 5.27. The lowest BCUT2D eigenvalue weighted by Crippen LogP contribution is -2.33. The Balaban J connectivity index is 1.58. The van der Waals surface area contributed by atoms with E-state index in [1.165, 1.54) is 0 Å². The minimum absolute atomic E-state index is 0.0266. The highest BCUT2D eigenvalue weighted by Crippen LogP contribution is 2.16. The molecule has 1 aliphatic rings. The second kappa shape index (κ2) is 7.79. The van der Waals surface area contributed by atoms with E-state index in [1.807, 2.05) is 54.6 Å². The zero-order valence-corrected chi connectivity index (χ0v) is 13.0. The maximum Gasteiger partial charge on any atom is 0.249 e. The van der Waals surface area contributed by atoms with Crippen LogP contribution in [0.5, 0.6) is 5.75 Å². The van der Waals surface area contributed by atoms with Gasteiger partial charge in [0.2, 0.25) is 5.91 Å². The Morgan fingerprint density at radius 2 is 1.83 bits per heavy atom. The van der Waals surface area contributed by atoms with E-state index in [0.717, 1.165) is 29.7 Å². The third kappa shape index (κ3) is 4.33. The highest BCUT2D eigenvalue weighted by Gasteiger charge is 2.23. The molecule has 0 saturated carbocycles. The Labute approximate surface area is 136 Å². The van der Waals surface area contributed by atoms with Crippen LogP contribution in [0.25, 0.3) is 0 Å². The lowest BCUT2D eigenvalue weighted by atomic mass is 10.1. The molecule has 2 aromatic rings. The summed E-state index contributed by atoms with van der Waals surface area (Å²) in [4.78, 5) is 12.0. The molecular formula is C19H21NO3. The summed E-state index contributed by atoms with van der Waals surface area (Å²) in [6.45, 7) is 1.66. The summed E-state index contributed by atoms with van der Waals surface area (Å²) in [5.41, 5.74) is 2.14. The molecule has 120 valence electrons. The third-order valence-corrected chi connectivity index (χ3v) is 3.93. The Morgan fingerprint density at radius 3 is 2.57 bits per heavy atom. The second-order valence-electron chi connectivity index (χ2n) is 5.59. The molecule has 2 aromatic carbocycles. The van der Waals surface area contributed by atoms with Crippen molar-refractivity contribution in [2.45, 2.75) is 32.1 Å². The largest absolute Gasteiger partial charge is 0.489 e. The summed E-state index contributed by atoms with van der Waals surface area (Å²) in [6, 6.07) is 17.7. The molecule has 3 rings (SSSR count). The van der Waals surface area contributed by atoms with Crippen LogP contribution in [0.2, 0.25) is 0 Å². The number of hydrogen-bond acceptors (Lipinski definition) is 3. The van der Waals surface area contributed by atoms with Gasteiger partial charge in [0.15, 0.2) is 0 Å². The highest BCUT2D eigenvalue weighted by atomic mass is 16.5.